The maximum atomic E-state index is 13.4. The van der Waals surface area contributed by atoms with Crippen LogP contribution in [0.5, 0.6) is 0 Å². The molecule has 1 aliphatic rings. The quantitative estimate of drug-likeness (QED) is 0.852. The van der Waals surface area contributed by atoms with Crippen LogP contribution in [0.25, 0.3) is 0 Å². The molecule has 0 aromatic heterocycles. The molecule has 1 aromatic rings. The van der Waals surface area contributed by atoms with E-state index in [1.54, 1.807) is 18.2 Å². The summed E-state index contributed by atoms with van der Waals surface area (Å²) in [6.07, 6.45) is 4.65. The summed E-state index contributed by atoms with van der Waals surface area (Å²) < 4.78 is 13.4. The average molecular weight is 235 g/mol. The topological polar surface area (TPSA) is 29.1 Å². The van der Waals surface area contributed by atoms with Gasteiger partial charge in [0.2, 0.25) is 5.91 Å². The maximum Gasteiger partial charge on any atom is 0.227 e. The van der Waals surface area contributed by atoms with Crippen LogP contribution >= 0.6 is 0 Å². The van der Waals surface area contributed by atoms with E-state index in [1.807, 2.05) is 6.92 Å². The van der Waals surface area contributed by atoms with E-state index in [0.717, 1.165) is 12.8 Å². The number of rotatable bonds is 3. The number of para-hydroxylation sites is 1. The Morgan fingerprint density at radius 2 is 2.00 bits per heavy atom. The molecule has 2 nitrogen and oxygen atoms in total. The second-order valence-corrected chi connectivity index (χ2v) is 4.80. The molecule has 1 fully saturated rings. The largest absolute Gasteiger partial charge is 0.323 e. The van der Waals surface area contributed by atoms with Gasteiger partial charge in [-0.3, -0.25) is 4.79 Å². The van der Waals surface area contributed by atoms with Crippen molar-refractivity contribution >= 4 is 11.6 Å². The first-order valence-electron chi connectivity index (χ1n) is 6.24. The highest BCUT2D eigenvalue weighted by atomic mass is 19.1. The Balaban J connectivity index is 1.99. The van der Waals surface area contributed by atoms with Gasteiger partial charge in [-0.2, -0.15) is 0 Å². The Bertz CT molecular complexity index is 399. The van der Waals surface area contributed by atoms with E-state index in [1.165, 1.54) is 18.9 Å². The zero-order valence-corrected chi connectivity index (χ0v) is 10.1. The van der Waals surface area contributed by atoms with E-state index < -0.39 is 0 Å². The molecular formula is C14H18FNO. The molecule has 1 saturated carbocycles. The molecule has 0 aliphatic heterocycles. The number of carbonyl (C=O) groups is 1. The van der Waals surface area contributed by atoms with Crippen LogP contribution in [0.3, 0.4) is 0 Å². The highest BCUT2D eigenvalue weighted by Crippen LogP contribution is 2.31. The van der Waals surface area contributed by atoms with Crippen molar-refractivity contribution < 1.29 is 9.18 Å². The SMILES string of the molecule is CC(C(=O)Nc1ccccc1F)C1CCCC1. The summed E-state index contributed by atoms with van der Waals surface area (Å²) in [5.74, 6) is -0.0136. The molecule has 1 atom stereocenters. The minimum Gasteiger partial charge on any atom is -0.323 e. The van der Waals surface area contributed by atoms with E-state index in [4.69, 9.17) is 0 Å². The van der Waals surface area contributed by atoms with Crippen molar-refractivity contribution in [3.05, 3.63) is 30.1 Å². The standard InChI is InChI=1S/C14H18FNO/c1-10(11-6-2-3-7-11)14(17)16-13-9-5-4-8-12(13)15/h4-5,8-11H,2-3,6-7H2,1H3,(H,16,17). The van der Waals surface area contributed by atoms with E-state index in [-0.39, 0.29) is 23.3 Å². The number of amides is 1. The van der Waals surface area contributed by atoms with Crippen molar-refractivity contribution in [2.45, 2.75) is 32.6 Å². The molecule has 0 saturated heterocycles. The molecule has 92 valence electrons. The van der Waals surface area contributed by atoms with Crippen molar-refractivity contribution in [1.29, 1.82) is 0 Å². The molecule has 1 amide bonds. The molecule has 17 heavy (non-hydrogen) atoms. The number of benzene rings is 1. The number of anilines is 1. The highest BCUT2D eigenvalue weighted by molar-refractivity contribution is 5.92. The maximum absolute atomic E-state index is 13.4. The molecule has 2 rings (SSSR count). The molecular weight excluding hydrogens is 217 g/mol. The van der Waals surface area contributed by atoms with Gasteiger partial charge in [0.15, 0.2) is 0 Å². The third-order valence-corrected chi connectivity index (χ3v) is 3.65. The monoisotopic (exact) mass is 235 g/mol. The number of hydrogen-bond donors (Lipinski definition) is 1. The molecule has 0 bridgehead atoms. The zero-order chi connectivity index (χ0) is 12.3. The Hall–Kier alpha value is -1.38. The first kappa shape index (κ1) is 12.1. The van der Waals surface area contributed by atoms with Crippen LogP contribution in [0.2, 0.25) is 0 Å². The third kappa shape index (κ3) is 2.84. The number of nitrogens with one attached hydrogen (secondary N) is 1. The van der Waals surface area contributed by atoms with Gasteiger partial charge in [0.1, 0.15) is 5.82 Å². The second kappa shape index (κ2) is 5.30. The van der Waals surface area contributed by atoms with Gasteiger partial charge in [-0.15, -0.1) is 0 Å². The Labute approximate surface area is 101 Å². The molecule has 1 N–H and O–H groups in total. The lowest BCUT2D eigenvalue weighted by Crippen LogP contribution is -2.26. The lowest BCUT2D eigenvalue weighted by molar-refractivity contribution is -0.120. The molecule has 1 aliphatic carbocycles. The highest BCUT2D eigenvalue weighted by Gasteiger charge is 2.27. The third-order valence-electron chi connectivity index (χ3n) is 3.65. The van der Waals surface area contributed by atoms with E-state index in [0.29, 0.717) is 5.92 Å². The van der Waals surface area contributed by atoms with Crippen LogP contribution in [-0.4, -0.2) is 5.91 Å². The van der Waals surface area contributed by atoms with E-state index in [9.17, 15) is 9.18 Å². The van der Waals surface area contributed by atoms with Crippen molar-refractivity contribution in [2.24, 2.45) is 11.8 Å². The number of carbonyl (C=O) groups excluding carboxylic acids is 1. The van der Waals surface area contributed by atoms with E-state index in [2.05, 4.69) is 5.32 Å². The molecule has 0 radical (unpaired) electrons. The van der Waals surface area contributed by atoms with Crippen molar-refractivity contribution in [3.8, 4) is 0 Å². The Morgan fingerprint density at radius 1 is 1.35 bits per heavy atom. The fraction of sp³-hybridized carbons (Fsp3) is 0.500. The first-order chi connectivity index (χ1) is 8.18. The first-order valence-corrected chi connectivity index (χ1v) is 6.24. The van der Waals surface area contributed by atoms with Crippen LogP contribution in [0.15, 0.2) is 24.3 Å². The fourth-order valence-electron chi connectivity index (χ4n) is 2.48. The van der Waals surface area contributed by atoms with Gasteiger partial charge in [-0.1, -0.05) is 31.9 Å². The van der Waals surface area contributed by atoms with Gasteiger partial charge in [0.05, 0.1) is 5.69 Å². The van der Waals surface area contributed by atoms with Crippen molar-refractivity contribution in [3.63, 3.8) is 0 Å². The predicted octanol–water partition coefficient (Wildman–Crippen LogP) is 3.59. The van der Waals surface area contributed by atoms with Gasteiger partial charge in [0, 0.05) is 5.92 Å². The zero-order valence-electron chi connectivity index (χ0n) is 10.1. The van der Waals surface area contributed by atoms with Crippen molar-refractivity contribution in [1.82, 2.24) is 0 Å². The molecule has 1 aromatic carbocycles. The Morgan fingerprint density at radius 3 is 2.65 bits per heavy atom. The summed E-state index contributed by atoms with van der Waals surface area (Å²) in [4.78, 5) is 12.0. The van der Waals surface area contributed by atoms with Crippen LogP contribution in [0.4, 0.5) is 10.1 Å². The van der Waals surface area contributed by atoms with Crippen LogP contribution in [0.1, 0.15) is 32.6 Å². The summed E-state index contributed by atoms with van der Waals surface area (Å²) >= 11 is 0. The molecule has 0 heterocycles. The summed E-state index contributed by atoms with van der Waals surface area (Å²) in [7, 11) is 0. The molecule has 1 unspecified atom stereocenters. The predicted molar refractivity (Wildman–Crippen MR) is 66.2 cm³/mol. The smallest absolute Gasteiger partial charge is 0.227 e. The van der Waals surface area contributed by atoms with Gasteiger partial charge >= 0.3 is 0 Å². The van der Waals surface area contributed by atoms with Gasteiger partial charge in [-0.05, 0) is 30.9 Å². The van der Waals surface area contributed by atoms with Crippen LogP contribution < -0.4 is 5.32 Å². The van der Waals surface area contributed by atoms with Crippen LogP contribution in [-0.2, 0) is 4.79 Å². The summed E-state index contributed by atoms with van der Waals surface area (Å²) in [6, 6.07) is 6.29. The van der Waals surface area contributed by atoms with Crippen LogP contribution in [0, 0.1) is 17.7 Å². The molecule has 3 heteroatoms. The van der Waals surface area contributed by atoms with Gasteiger partial charge in [0.25, 0.3) is 0 Å². The second-order valence-electron chi connectivity index (χ2n) is 4.80. The Kier molecular flexibility index (Phi) is 3.77. The fourth-order valence-corrected chi connectivity index (χ4v) is 2.48. The minimum absolute atomic E-state index is 0.0305. The van der Waals surface area contributed by atoms with Gasteiger partial charge < -0.3 is 5.32 Å². The minimum atomic E-state index is -0.375. The lowest BCUT2D eigenvalue weighted by atomic mass is 9.92. The molecule has 0 spiro atoms. The average Bonchev–Trinajstić information content (AvgIpc) is 2.84. The van der Waals surface area contributed by atoms with E-state index >= 15 is 0 Å². The summed E-state index contributed by atoms with van der Waals surface area (Å²) in [5, 5.41) is 2.67. The number of hydrogen-bond acceptors (Lipinski definition) is 1. The number of halogens is 1. The summed E-state index contributed by atoms with van der Waals surface area (Å²) in [5.41, 5.74) is 0.280. The summed E-state index contributed by atoms with van der Waals surface area (Å²) in [6.45, 7) is 1.94. The lowest BCUT2D eigenvalue weighted by Gasteiger charge is -2.18. The van der Waals surface area contributed by atoms with Crippen molar-refractivity contribution in [2.75, 3.05) is 5.32 Å². The normalized spacial score (nSPS) is 18.0. The van der Waals surface area contributed by atoms with Gasteiger partial charge in [-0.25, -0.2) is 4.39 Å².